The third-order valence-corrected chi connectivity index (χ3v) is 4.53. The van der Waals surface area contributed by atoms with E-state index >= 15 is 0 Å². The van der Waals surface area contributed by atoms with Gasteiger partial charge in [-0.3, -0.25) is 0 Å². The van der Waals surface area contributed by atoms with Crippen LogP contribution in [0.3, 0.4) is 0 Å². The molecule has 0 bridgehead atoms. The van der Waals surface area contributed by atoms with Crippen LogP contribution in [0.1, 0.15) is 45.1 Å². The number of hydrogen-bond donors (Lipinski definition) is 0. The number of benzene rings is 1. The van der Waals surface area contributed by atoms with Crippen molar-refractivity contribution in [1.82, 2.24) is 9.97 Å². The second kappa shape index (κ2) is 8.24. The summed E-state index contributed by atoms with van der Waals surface area (Å²) < 4.78 is 52.2. The topological polar surface area (TPSA) is 47.5 Å². The van der Waals surface area contributed by atoms with Gasteiger partial charge in [0.15, 0.2) is 5.82 Å². The van der Waals surface area contributed by atoms with E-state index in [1.54, 1.807) is 38.1 Å². The standard InChI is InChI=1S/C20H24F3N3O2/c1-13(2)27-19-24-12-15(20(21,22)23)18(25-19)26(3)16-10-6-7-11-17(16)28-14-8-4-5-9-14/h6-7,10-14H,4-5,8-9H2,1-3H3. The van der Waals surface area contributed by atoms with Gasteiger partial charge in [0, 0.05) is 13.2 Å². The summed E-state index contributed by atoms with van der Waals surface area (Å²) in [5, 5.41) is 0. The first kappa shape index (κ1) is 20.2. The maximum absolute atomic E-state index is 13.6. The summed E-state index contributed by atoms with van der Waals surface area (Å²) in [5.41, 5.74) is -0.420. The van der Waals surface area contributed by atoms with Crippen molar-refractivity contribution in [2.45, 2.75) is 57.9 Å². The van der Waals surface area contributed by atoms with Crippen LogP contribution in [0.15, 0.2) is 30.5 Å². The highest BCUT2D eigenvalue weighted by molar-refractivity contribution is 5.68. The molecule has 0 atom stereocenters. The second-order valence-corrected chi connectivity index (χ2v) is 7.11. The third-order valence-electron chi connectivity index (χ3n) is 4.53. The number of nitrogens with zero attached hydrogens (tertiary/aromatic N) is 3. The zero-order valence-electron chi connectivity index (χ0n) is 16.2. The summed E-state index contributed by atoms with van der Waals surface area (Å²) in [6.45, 7) is 3.52. The van der Waals surface area contributed by atoms with Gasteiger partial charge in [0.25, 0.3) is 0 Å². The number of alkyl halides is 3. The molecule has 2 aromatic rings. The number of rotatable bonds is 6. The Morgan fingerprint density at radius 3 is 2.46 bits per heavy atom. The molecular formula is C20H24F3N3O2. The van der Waals surface area contributed by atoms with Crippen LogP contribution in [0.5, 0.6) is 11.8 Å². The van der Waals surface area contributed by atoms with E-state index in [0.717, 1.165) is 31.9 Å². The molecule has 1 aromatic carbocycles. The molecule has 0 saturated heterocycles. The zero-order valence-corrected chi connectivity index (χ0v) is 16.2. The van der Waals surface area contributed by atoms with Gasteiger partial charge in [0.1, 0.15) is 11.3 Å². The molecule has 1 aromatic heterocycles. The lowest BCUT2D eigenvalue weighted by atomic mass is 10.2. The minimum atomic E-state index is -4.60. The molecule has 0 radical (unpaired) electrons. The van der Waals surface area contributed by atoms with Crippen LogP contribution in [0.2, 0.25) is 0 Å². The van der Waals surface area contributed by atoms with E-state index in [-0.39, 0.29) is 24.0 Å². The lowest BCUT2D eigenvalue weighted by molar-refractivity contribution is -0.137. The van der Waals surface area contributed by atoms with Gasteiger partial charge in [-0.05, 0) is 51.7 Å². The Morgan fingerprint density at radius 1 is 1.14 bits per heavy atom. The molecule has 8 heteroatoms. The van der Waals surface area contributed by atoms with E-state index < -0.39 is 11.7 Å². The molecular weight excluding hydrogens is 371 g/mol. The molecule has 3 rings (SSSR count). The molecule has 1 fully saturated rings. The molecule has 0 N–H and O–H groups in total. The van der Waals surface area contributed by atoms with E-state index in [0.29, 0.717) is 11.4 Å². The SMILES string of the molecule is CC(C)Oc1ncc(C(F)(F)F)c(N(C)c2ccccc2OC2CCCC2)n1. The van der Waals surface area contributed by atoms with Crippen molar-refractivity contribution >= 4 is 11.5 Å². The quantitative estimate of drug-likeness (QED) is 0.658. The van der Waals surface area contributed by atoms with Crippen molar-refractivity contribution in [3.05, 3.63) is 36.0 Å². The fourth-order valence-corrected chi connectivity index (χ4v) is 3.21. The minimum Gasteiger partial charge on any atom is -0.488 e. The number of aromatic nitrogens is 2. The van der Waals surface area contributed by atoms with Crippen LogP contribution in [-0.2, 0) is 6.18 Å². The van der Waals surface area contributed by atoms with Crippen LogP contribution >= 0.6 is 0 Å². The summed E-state index contributed by atoms with van der Waals surface area (Å²) in [5.74, 6) is 0.260. The van der Waals surface area contributed by atoms with Crippen molar-refractivity contribution in [3.8, 4) is 11.8 Å². The summed E-state index contributed by atoms with van der Waals surface area (Å²) in [4.78, 5) is 9.14. The molecule has 1 saturated carbocycles. The monoisotopic (exact) mass is 395 g/mol. The third kappa shape index (κ3) is 4.66. The van der Waals surface area contributed by atoms with Crippen molar-refractivity contribution < 1.29 is 22.6 Å². The van der Waals surface area contributed by atoms with Crippen LogP contribution in [-0.4, -0.2) is 29.2 Å². The Labute approximate surface area is 162 Å². The van der Waals surface area contributed by atoms with Crippen molar-refractivity contribution in [1.29, 1.82) is 0 Å². The fraction of sp³-hybridized carbons (Fsp3) is 0.500. The Morgan fingerprint density at radius 2 is 1.82 bits per heavy atom. The molecule has 0 aliphatic heterocycles. The summed E-state index contributed by atoms with van der Waals surface area (Å²) >= 11 is 0. The molecule has 1 heterocycles. The Kier molecular flexibility index (Phi) is 5.96. The summed E-state index contributed by atoms with van der Waals surface area (Å²) in [7, 11) is 1.54. The highest BCUT2D eigenvalue weighted by Gasteiger charge is 2.37. The minimum absolute atomic E-state index is 0.0851. The average molecular weight is 395 g/mol. The molecule has 0 amide bonds. The number of hydrogen-bond acceptors (Lipinski definition) is 5. The van der Waals surface area contributed by atoms with E-state index in [2.05, 4.69) is 9.97 Å². The number of para-hydroxylation sites is 2. The van der Waals surface area contributed by atoms with E-state index in [1.807, 2.05) is 0 Å². The molecule has 1 aliphatic rings. The lowest BCUT2D eigenvalue weighted by Gasteiger charge is -2.26. The van der Waals surface area contributed by atoms with Gasteiger partial charge in [-0.15, -0.1) is 0 Å². The number of halogens is 3. The predicted molar refractivity (Wildman–Crippen MR) is 100 cm³/mol. The van der Waals surface area contributed by atoms with E-state index in [4.69, 9.17) is 9.47 Å². The predicted octanol–water partition coefficient (Wildman–Crippen LogP) is 5.37. The highest BCUT2D eigenvalue weighted by Crippen LogP contribution is 2.40. The van der Waals surface area contributed by atoms with Crippen LogP contribution < -0.4 is 14.4 Å². The van der Waals surface area contributed by atoms with Crippen molar-refractivity contribution in [3.63, 3.8) is 0 Å². The summed E-state index contributed by atoms with van der Waals surface area (Å²) in [6, 6.07) is 6.95. The fourth-order valence-electron chi connectivity index (χ4n) is 3.21. The largest absolute Gasteiger partial charge is 0.488 e. The molecule has 5 nitrogen and oxygen atoms in total. The Bertz CT molecular complexity index is 806. The van der Waals surface area contributed by atoms with E-state index in [9.17, 15) is 13.2 Å². The molecule has 1 aliphatic carbocycles. The molecule has 152 valence electrons. The molecule has 28 heavy (non-hydrogen) atoms. The van der Waals surface area contributed by atoms with Gasteiger partial charge in [-0.1, -0.05) is 12.1 Å². The highest BCUT2D eigenvalue weighted by atomic mass is 19.4. The second-order valence-electron chi connectivity index (χ2n) is 7.11. The number of anilines is 2. The first-order valence-corrected chi connectivity index (χ1v) is 9.36. The molecule has 0 unspecified atom stereocenters. The van der Waals surface area contributed by atoms with Gasteiger partial charge in [0.2, 0.25) is 0 Å². The van der Waals surface area contributed by atoms with Crippen molar-refractivity contribution in [2.24, 2.45) is 0 Å². The van der Waals surface area contributed by atoms with Gasteiger partial charge in [-0.25, -0.2) is 4.98 Å². The van der Waals surface area contributed by atoms with Gasteiger partial charge < -0.3 is 14.4 Å². The Balaban J connectivity index is 2.00. The number of ether oxygens (including phenoxy) is 2. The maximum Gasteiger partial charge on any atom is 0.421 e. The first-order valence-electron chi connectivity index (χ1n) is 9.36. The maximum atomic E-state index is 13.6. The van der Waals surface area contributed by atoms with Gasteiger partial charge in [-0.2, -0.15) is 18.2 Å². The van der Waals surface area contributed by atoms with Gasteiger partial charge in [0.05, 0.1) is 17.9 Å². The van der Waals surface area contributed by atoms with E-state index in [1.165, 1.54) is 11.9 Å². The van der Waals surface area contributed by atoms with Crippen LogP contribution in [0.25, 0.3) is 0 Å². The molecule has 0 spiro atoms. The van der Waals surface area contributed by atoms with Crippen LogP contribution in [0.4, 0.5) is 24.7 Å². The smallest absolute Gasteiger partial charge is 0.421 e. The van der Waals surface area contributed by atoms with Crippen molar-refractivity contribution in [2.75, 3.05) is 11.9 Å². The van der Waals surface area contributed by atoms with Gasteiger partial charge >= 0.3 is 12.2 Å². The normalized spacial score (nSPS) is 15.1. The summed E-state index contributed by atoms with van der Waals surface area (Å²) in [6.07, 6.45) is 0.0934. The Hall–Kier alpha value is -2.51. The first-order chi connectivity index (χ1) is 13.3. The van der Waals surface area contributed by atoms with Crippen LogP contribution in [0, 0.1) is 0 Å². The average Bonchev–Trinajstić information content (AvgIpc) is 3.13. The zero-order chi connectivity index (χ0) is 20.3. The lowest BCUT2D eigenvalue weighted by Crippen LogP contribution is -2.21.